The average Bonchev–Trinajstić information content (AvgIpc) is 3.29. The van der Waals surface area contributed by atoms with E-state index in [1.54, 1.807) is 23.1 Å². The second-order valence-corrected chi connectivity index (χ2v) is 9.61. The van der Waals surface area contributed by atoms with Gasteiger partial charge >= 0.3 is 0 Å². The van der Waals surface area contributed by atoms with Crippen LogP contribution < -0.4 is 0 Å². The first-order chi connectivity index (χ1) is 13.5. The summed E-state index contributed by atoms with van der Waals surface area (Å²) in [7, 11) is 0. The highest BCUT2D eigenvalue weighted by molar-refractivity contribution is 8.00. The van der Waals surface area contributed by atoms with Gasteiger partial charge in [0.05, 0.1) is 26.7 Å². The van der Waals surface area contributed by atoms with E-state index in [1.165, 1.54) is 4.21 Å². The molecule has 0 N–H and O–H groups in total. The van der Waals surface area contributed by atoms with Crippen LogP contribution >= 0.6 is 23.1 Å². The third-order valence-electron chi connectivity index (χ3n) is 4.67. The van der Waals surface area contributed by atoms with Crippen molar-refractivity contribution in [1.29, 1.82) is 0 Å². The first-order valence-corrected chi connectivity index (χ1v) is 11.9. The number of unbranched alkanes of at least 4 members (excludes halogenated alkanes) is 1. The van der Waals surface area contributed by atoms with Gasteiger partial charge in [-0.3, -0.25) is 4.79 Å². The highest BCUT2D eigenvalue weighted by Gasteiger charge is 2.22. The highest BCUT2D eigenvalue weighted by atomic mass is 32.2. The molecular formula is C22H29N3OS2. The molecular weight excluding hydrogens is 386 g/mol. The maximum absolute atomic E-state index is 13.2. The van der Waals surface area contributed by atoms with Gasteiger partial charge in [-0.15, -0.1) is 23.1 Å². The van der Waals surface area contributed by atoms with Gasteiger partial charge in [0.15, 0.2) is 0 Å². The van der Waals surface area contributed by atoms with Crippen molar-refractivity contribution >= 4 is 40.0 Å². The number of aromatic nitrogens is 2. The Morgan fingerprint density at radius 3 is 2.71 bits per heavy atom. The van der Waals surface area contributed by atoms with Gasteiger partial charge in [0.25, 0.3) is 5.91 Å². The van der Waals surface area contributed by atoms with Crippen molar-refractivity contribution in [2.75, 3.05) is 12.8 Å². The van der Waals surface area contributed by atoms with Crippen molar-refractivity contribution in [2.24, 2.45) is 5.92 Å². The number of hydrogen-bond acceptors (Lipinski definition) is 4. The van der Waals surface area contributed by atoms with Crippen LogP contribution in [0.2, 0.25) is 0 Å². The summed E-state index contributed by atoms with van der Waals surface area (Å²) < 4.78 is 3.46. The maximum atomic E-state index is 13.2. The zero-order chi connectivity index (χ0) is 20.1. The number of thioether (sulfide) groups is 1. The van der Waals surface area contributed by atoms with Crippen molar-refractivity contribution in [1.82, 2.24) is 14.5 Å². The summed E-state index contributed by atoms with van der Waals surface area (Å²) in [4.78, 5) is 20.9. The molecule has 3 rings (SSSR count). The average molecular weight is 416 g/mol. The van der Waals surface area contributed by atoms with E-state index >= 15 is 0 Å². The molecule has 0 spiro atoms. The largest absolute Gasteiger partial charge is 0.330 e. The molecule has 2 heterocycles. The molecule has 0 unspecified atom stereocenters. The van der Waals surface area contributed by atoms with Crippen molar-refractivity contribution in [3.05, 3.63) is 47.1 Å². The lowest BCUT2D eigenvalue weighted by atomic mass is 10.2. The van der Waals surface area contributed by atoms with Crippen LogP contribution in [0.3, 0.4) is 0 Å². The number of thiophene rings is 1. The summed E-state index contributed by atoms with van der Waals surface area (Å²) in [5.74, 6) is 1.48. The number of aryl methyl sites for hydroxylation is 1. The summed E-state index contributed by atoms with van der Waals surface area (Å²) in [6, 6.07) is 12.2. The number of benzene rings is 1. The third kappa shape index (κ3) is 4.78. The Hall–Kier alpha value is -1.79. The van der Waals surface area contributed by atoms with Gasteiger partial charge in [0, 0.05) is 13.1 Å². The molecule has 2 aromatic heterocycles. The molecule has 0 aliphatic carbocycles. The number of carbonyl (C=O) groups excluding carboxylic acids is 1. The molecule has 0 aliphatic rings. The molecule has 0 fully saturated rings. The van der Waals surface area contributed by atoms with Crippen LogP contribution in [0.5, 0.6) is 0 Å². The van der Waals surface area contributed by atoms with E-state index < -0.39 is 0 Å². The Balaban J connectivity index is 1.93. The number of carbonyl (C=O) groups is 1. The summed E-state index contributed by atoms with van der Waals surface area (Å²) in [6.07, 6.45) is 4.28. The van der Waals surface area contributed by atoms with Crippen molar-refractivity contribution in [3.8, 4) is 0 Å². The molecule has 0 saturated carbocycles. The topological polar surface area (TPSA) is 38.1 Å². The van der Waals surface area contributed by atoms with Crippen LogP contribution in [-0.2, 0) is 13.1 Å². The van der Waals surface area contributed by atoms with E-state index in [1.807, 2.05) is 29.4 Å². The number of fused-ring (bicyclic) bond motifs is 1. The minimum absolute atomic E-state index is 0.105. The molecule has 4 nitrogen and oxygen atoms in total. The Morgan fingerprint density at radius 2 is 2.04 bits per heavy atom. The fourth-order valence-electron chi connectivity index (χ4n) is 3.34. The predicted octanol–water partition coefficient (Wildman–Crippen LogP) is 5.92. The van der Waals surface area contributed by atoms with Gasteiger partial charge in [0.1, 0.15) is 5.82 Å². The van der Waals surface area contributed by atoms with Gasteiger partial charge in [0.2, 0.25) is 0 Å². The lowest BCUT2D eigenvalue weighted by Crippen LogP contribution is -2.34. The number of amides is 1. The zero-order valence-corrected chi connectivity index (χ0v) is 18.8. The number of nitrogens with zero attached hydrogens (tertiary/aromatic N) is 3. The summed E-state index contributed by atoms with van der Waals surface area (Å²) in [5, 5.41) is 0. The molecule has 28 heavy (non-hydrogen) atoms. The van der Waals surface area contributed by atoms with Crippen LogP contribution in [0.15, 0.2) is 40.6 Å². The van der Waals surface area contributed by atoms with Gasteiger partial charge < -0.3 is 9.47 Å². The van der Waals surface area contributed by atoms with Gasteiger partial charge in [-0.1, -0.05) is 39.3 Å². The van der Waals surface area contributed by atoms with Gasteiger partial charge in [-0.25, -0.2) is 4.98 Å². The number of rotatable bonds is 9. The van der Waals surface area contributed by atoms with E-state index in [2.05, 4.69) is 43.5 Å². The summed E-state index contributed by atoms with van der Waals surface area (Å²) in [5.41, 5.74) is 2.16. The molecule has 0 saturated heterocycles. The lowest BCUT2D eigenvalue weighted by molar-refractivity contribution is 0.0721. The molecule has 0 atom stereocenters. The predicted molar refractivity (Wildman–Crippen MR) is 120 cm³/mol. The quantitative estimate of drug-likeness (QED) is 0.407. The SMILES string of the molecule is CCCCn1c(CN(CC(C)C)C(=O)c2ccc(SC)s2)nc2ccccc21. The maximum Gasteiger partial charge on any atom is 0.264 e. The van der Waals surface area contributed by atoms with Crippen LogP contribution in [0.1, 0.15) is 49.1 Å². The van der Waals surface area contributed by atoms with Gasteiger partial charge in [-0.2, -0.15) is 0 Å². The fraction of sp³-hybridized carbons (Fsp3) is 0.455. The molecule has 3 aromatic rings. The number of para-hydroxylation sites is 2. The van der Waals surface area contributed by atoms with Crippen LogP contribution in [0.25, 0.3) is 11.0 Å². The van der Waals surface area contributed by atoms with Crippen molar-refractivity contribution in [2.45, 2.75) is 50.9 Å². The number of imidazole rings is 1. The molecule has 6 heteroatoms. The fourth-order valence-corrected chi connectivity index (χ4v) is 4.86. The van der Waals surface area contributed by atoms with Gasteiger partial charge in [-0.05, 0) is 42.9 Å². The van der Waals surface area contributed by atoms with E-state index in [0.29, 0.717) is 12.5 Å². The molecule has 0 bridgehead atoms. The molecule has 1 amide bonds. The highest BCUT2D eigenvalue weighted by Crippen LogP contribution is 2.27. The Morgan fingerprint density at radius 1 is 1.25 bits per heavy atom. The summed E-state index contributed by atoms with van der Waals surface area (Å²) in [6.45, 7) is 8.72. The monoisotopic (exact) mass is 415 g/mol. The second kappa shape index (κ2) is 9.61. The minimum Gasteiger partial charge on any atom is -0.330 e. The summed E-state index contributed by atoms with van der Waals surface area (Å²) >= 11 is 3.26. The minimum atomic E-state index is 0.105. The van der Waals surface area contributed by atoms with E-state index in [-0.39, 0.29) is 5.91 Å². The van der Waals surface area contributed by atoms with Crippen LogP contribution in [-0.4, -0.2) is 33.2 Å². The Bertz CT molecular complexity index is 929. The zero-order valence-electron chi connectivity index (χ0n) is 17.1. The lowest BCUT2D eigenvalue weighted by Gasteiger charge is -2.24. The van der Waals surface area contributed by atoms with Crippen molar-refractivity contribution in [3.63, 3.8) is 0 Å². The van der Waals surface area contributed by atoms with E-state index in [9.17, 15) is 4.79 Å². The number of hydrogen-bond donors (Lipinski definition) is 0. The van der Waals surface area contributed by atoms with Crippen LogP contribution in [0.4, 0.5) is 0 Å². The smallest absolute Gasteiger partial charge is 0.264 e. The van der Waals surface area contributed by atoms with E-state index in [4.69, 9.17) is 4.98 Å². The van der Waals surface area contributed by atoms with E-state index in [0.717, 1.165) is 47.7 Å². The molecule has 0 radical (unpaired) electrons. The standard InChI is InChI=1S/C22H29N3OS2/c1-5-6-13-25-18-10-8-7-9-17(18)23-20(25)15-24(14-16(2)3)22(26)19-11-12-21(27-4)28-19/h7-12,16H,5-6,13-15H2,1-4H3. The second-order valence-electron chi connectivity index (χ2n) is 7.42. The molecule has 1 aromatic carbocycles. The molecule has 150 valence electrons. The Kier molecular flexibility index (Phi) is 7.18. The first-order valence-electron chi connectivity index (χ1n) is 9.90. The third-order valence-corrected chi connectivity index (χ3v) is 6.82. The van der Waals surface area contributed by atoms with Crippen molar-refractivity contribution < 1.29 is 4.79 Å². The van der Waals surface area contributed by atoms with Crippen LogP contribution in [0, 0.1) is 5.92 Å². The Labute approximate surface area is 176 Å². The normalized spacial score (nSPS) is 11.5. The first kappa shape index (κ1) is 20.9. The molecule has 0 aliphatic heterocycles.